The summed E-state index contributed by atoms with van der Waals surface area (Å²) in [6.07, 6.45) is 2.39. The molecule has 2 N–H and O–H groups in total. The van der Waals surface area contributed by atoms with E-state index in [9.17, 15) is 0 Å². The van der Waals surface area contributed by atoms with Gasteiger partial charge in [-0.15, -0.1) is 11.3 Å². The van der Waals surface area contributed by atoms with Gasteiger partial charge in [0.2, 0.25) is 5.88 Å². The van der Waals surface area contributed by atoms with Crippen molar-refractivity contribution in [3.05, 3.63) is 46.9 Å². The second-order valence-corrected chi connectivity index (χ2v) is 5.17. The largest absolute Gasteiger partial charge is 0.477 e. The second-order valence-electron chi connectivity index (χ2n) is 4.13. The Balaban J connectivity index is 1.78. The number of thiophene rings is 1. The van der Waals surface area contributed by atoms with Crippen molar-refractivity contribution >= 4 is 27.9 Å². The lowest BCUT2D eigenvalue weighted by Gasteiger charge is -2.07. The highest BCUT2D eigenvalue weighted by Crippen LogP contribution is 2.23. The SMILES string of the molecule is Nc1ccc2ncnc(OCCc3cccs3)c2c1. The molecule has 2 aromatic heterocycles. The average Bonchev–Trinajstić information content (AvgIpc) is 2.92. The minimum atomic E-state index is 0.592. The van der Waals surface area contributed by atoms with E-state index in [-0.39, 0.29) is 0 Å². The lowest BCUT2D eigenvalue weighted by atomic mass is 10.2. The van der Waals surface area contributed by atoms with Gasteiger partial charge in [-0.25, -0.2) is 9.97 Å². The number of hydrogen-bond acceptors (Lipinski definition) is 5. The van der Waals surface area contributed by atoms with Gasteiger partial charge in [0.15, 0.2) is 0 Å². The van der Waals surface area contributed by atoms with Crippen LogP contribution in [-0.2, 0) is 6.42 Å². The van der Waals surface area contributed by atoms with Crippen molar-refractivity contribution in [1.29, 1.82) is 0 Å². The van der Waals surface area contributed by atoms with E-state index in [2.05, 4.69) is 21.4 Å². The van der Waals surface area contributed by atoms with Gasteiger partial charge in [-0.05, 0) is 29.6 Å². The summed E-state index contributed by atoms with van der Waals surface area (Å²) >= 11 is 1.73. The molecule has 5 heteroatoms. The molecule has 0 aliphatic heterocycles. The molecular formula is C14H13N3OS. The van der Waals surface area contributed by atoms with Gasteiger partial charge in [0.25, 0.3) is 0 Å². The third-order valence-electron chi connectivity index (χ3n) is 2.79. The summed E-state index contributed by atoms with van der Waals surface area (Å²) < 4.78 is 5.75. The number of aromatic nitrogens is 2. The van der Waals surface area contributed by atoms with Gasteiger partial charge >= 0.3 is 0 Å². The molecule has 2 heterocycles. The molecule has 96 valence electrons. The number of nitrogen functional groups attached to an aromatic ring is 1. The molecule has 0 amide bonds. The number of fused-ring (bicyclic) bond motifs is 1. The zero-order valence-corrected chi connectivity index (χ0v) is 11.1. The first-order chi connectivity index (χ1) is 9.33. The molecule has 0 aliphatic rings. The van der Waals surface area contributed by atoms with Crippen LogP contribution in [0.5, 0.6) is 5.88 Å². The van der Waals surface area contributed by atoms with Crippen LogP contribution in [0.4, 0.5) is 5.69 Å². The highest BCUT2D eigenvalue weighted by molar-refractivity contribution is 7.09. The van der Waals surface area contributed by atoms with Crippen LogP contribution in [0.15, 0.2) is 42.0 Å². The molecule has 0 spiro atoms. The molecule has 1 aromatic carbocycles. The minimum absolute atomic E-state index is 0.592. The Morgan fingerprint density at radius 3 is 3.00 bits per heavy atom. The lowest BCUT2D eigenvalue weighted by Crippen LogP contribution is -2.02. The van der Waals surface area contributed by atoms with E-state index in [0.717, 1.165) is 17.3 Å². The topological polar surface area (TPSA) is 61.0 Å². The van der Waals surface area contributed by atoms with Crippen LogP contribution in [0.1, 0.15) is 4.88 Å². The van der Waals surface area contributed by atoms with Crippen LogP contribution in [0.3, 0.4) is 0 Å². The van der Waals surface area contributed by atoms with Gasteiger partial charge in [-0.3, -0.25) is 0 Å². The highest BCUT2D eigenvalue weighted by atomic mass is 32.1. The van der Waals surface area contributed by atoms with Gasteiger partial charge in [0.05, 0.1) is 17.5 Å². The Morgan fingerprint density at radius 1 is 1.21 bits per heavy atom. The molecule has 0 saturated carbocycles. The minimum Gasteiger partial charge on any atom is -0.477 e. The monoisotopic (exact) mass is 271 g/mol. The molecular weight excluding hydrogens is 258 g/mol. The number of hydrogen-bond donors (Lipinski definition) is 1. The lowest BCUT2D eigenvalue weighted by molar-refractivity contribution is 0.314. The van der Waals surface area contributed by atoms with E-state index >= 15 is 0 Å². The predicted molar refractivity (Wildman–Crippen MR) is 77.5 cm³/mol. The van der Waals surface area contributed by atoms with Crippen molar-refractivity contribution in [3.63, 3.8) is 0 Å². The third kappa shape index (κ3) is 2.66. The molecule has 19 heavy (non-hydrogen) atoms. The van der Waals surface area contributed by atoms with Crippen molar-refractivity contribution in [1.82, 2.24) is 9.97 Å². The van der Waals surface area contributed by atoms with Gasteiger partial charge < -0.3 is 10.5 Å². The number of benzene rings is 1. The van der Waals surface area contributed by atoms with Crippen LogP contribution in [0.2, 0.25) is 0 Å². The van der Waals surface area contributed by atoms with Crippen molar-refractivity contribution in [3.8, 4) is 5.88 Å². The number of nitrogens with zero attached hydrogens (tertiary/aromatic N) is 2. The highest BCUT2D eigenvalue weighted by Gasteiger charge is 2.05. The normalized spacial score (nSPS) is 10.7. The number of anilines is 1. The van der Waals surface area contributed by atoms with Crippen LogP contribution < -0.4 is 10.5 Å². The van der Waals surface area contributed by atoms with Gasteiger partial charge in [0, 0.05) is 17.0 Å². The van der Waals surface area contributed by atoms with E-state index in [0.29, 0.717) is 18.2 Å². The quantitative estimate of drug-likeness (QED) is 0.741. The second kappa shape index (κ2) is 5.24. The maximum Gasteiger partial charge on any atom is 0.224 e. The third-order valence-corrected chi connectivity index (χ3v) is 3.73. The van der Waals surface area contributed by atoms with Crippen molar-refractivity contribution in [2.45, 2.75) is 6.42 Å². The van der Waals surface area contributed by atoms with E-state index in [1.165, 1.54) is 11.2 Å². The zero-order chi connectivity index (χ0) is 13.1. The summed E-state index contributed by atoms with van der Waals surface area (Å²) in [6.45, 7) is 0.599. The van der Waals surface area contributed by atoms with Crippen LogP contribution in [-0.4, -0.2) is 16.6 Å². The molecule has 0 aliphatic carbocycles. The fourth-order valence-corrected chi connectivity index (χ4v) is 2.56. The van der Waals surface area contributed by atoms with E-state index in [4.69, 9.17) is 10.5 Å². The molecule has 3 rings (SSSR count). The molecule has 0 bridgehead atoms. The first kappa shape index (κ1) is 11.9. The van der Waals surface area contributed by atoms with Crippen molar-refractivity contribution in [2.24, 2.45) is 0 Å². The van der Waals surface area contributed by atoms with Crippen molar-refractivity contribution < 1.29 is 4.74 Å². The van der Waals surface area contributed by atoms with Gasteiger partial charge in [-0.2, -0.15) is 0 Å². The standard InChI is InChI=1S/C14H13N3OS/c15-10-3-4-13-12(8-10)14(17-9-16-13)18-6-5-11-2-1-7-19-11/h1-4,7-9H,5-6,15H2. The molecule has 3 aromatic rings. The molecule has 0 fully saturated rings. The number of nitrogens with two attached hydrogens (primary N) is 1. The molecule has 0 unspecified atom stereocenters. The van der Waals surface area contributed by atoms with E-state index in [1.54, 1.807) is 11.3 Å². The van der Waals surface area contributed by atoms with Gasteiger partial charge in [-0.1, -0.05) is 6.07 Å². The number of rotatable bonds is 4. The number of ether oxygens (including phenoxy) is 1. The first-order valence-electron chi connectivity index (χ1n) is 5.98. The Bertz CT molecular complexity index is 682. The summed E-state index contributed by atoms with van der Waals surface area (Å²) in [5.41, 5.74) is 7.32. The first-order valence-corrected chi connectivity index (χ1v) is 6.86. The molecule has 4 nitrogen and oxygen atoms in total. The van der Waals surface area contributed by atoms with E-state index in [1.807, 2.05) is 24.3 Å². The van der Waals surface area contributed by atoms with E-state index < -0.39 is 0 Å². The van der Waals surface area contributed by atoms with Crippen LogP contribution >= 0.6 is 11.3 Å². The smallest absolute Gasteiger partial charge is 0.224 e. The zero-order valence-electron chi connectivity index (χ0n) is 10.2. The summed E-state index contributed by atoms with van der Waals surface area (Å²) in [4.78, 5) is 9.68. The summed E-state index contributed by atoms with van der Waals surface area (Å²) in [6, 6.07) is 9.68. The van der Waals surface area contributed by atoms with Crippen molar-refractivity contribution in [2.75, 3.05) is 12.3 Å². The summed E-state index contributed by atoms with van der Waals surface area (Å²) in [7, 11) is 0. The predicted octanol–water partition coefficient (Wildman–Crippen LogP) is 2.90. The Kier molecular flexibility index (Phi) is 3.29. The molecule has 0 atom stereocenters. The maximum atomic E-state index is 5.79. The molecule has 0 saturated heterocycles. The van der Waals surface area contributed by atoms with Crippen LogP contribution in [0.25, 0.3) is 10.9 Å². The average molecular weight is 271 g/mol. The Hall–Kier alpha value is -2.14. The fraction of sp³-hybridized carbons (Fsp3) is 0.143. The molecule has 0 radical (unpaired) electrons. The van der Waals surface area contributed by atoms with Crippen LogP contribution in [0, 0.1) is 0 Å². The Labute approximate surface area is 114 Å². The summed E-state index contributed by atoms with van der Waals surface area (Å²) in [5.74, 6) is 0.592. The fourth-order valence-electron chi connectivity index (χ4n) is 1.87. The summed E-state index contributed by atoms with van der Waals surface area (Å²) in [5, 5.41) is 2.92. The van der Waals surface area contributed by atoms with Gasteiger partial charge in [0.1, 0.15) is 6.33 Å². The Morgan fingerprint density at radius 2 is 2.16 bits per heavy atom. The maximum absolute atomic E-state index is 5.79.